The van der Waals surface area contributed by atoms with Crippen LogP contribution in [0.3, 0.4) is 0 Å². The lowest BCUT2D eigenvalue weighted by atomic mass is 10.3. The highest BCUT2D eigenvalue weighted by Gasteiger charge is 1.99. The molecule has 0 saturated carbocycles. The normalized spacial score (nSPS) is 10.4. The van der Waals surface area contributed by atoms with Crippen molar-refractivity contribution >= 4 is 17.7 Å². The number of nitrogens with zero attached hydrogens (tertiary/aromatic N) is 2. The van der Waals surface area contributed by atoms with Gasteiger partial charge in [-0.2, -0.15) is 4.98 Å². The number of unbranched alkanes of at least 4 members (excludes halogenated alkanes) is 2. The molecule has 68 valence electrons. The zero-order valence-corrected chi connectivity index (χ0v) is 8.02. The van der Waals surface area contributed by atoms with Crippen LogP contribution >= 0.6 is 11.8 Å². The molecule has 1 heterocycles. The molecule has 4 nitrogen and oxygen atoms in total. The number of nitrogen functional groups attached to an aromatic ring is 1. The Balaban J connectivity index is 2.15. The Hall–Kier alpha value is -0.710. The Labute approximate surface area is 76.3 Å². The Kier molecular flexibility index (Phi) is 3.93. The number of anilines is 1. The number of hydrogen-bond acceptors (Lipinski definition) is 4. The number of nitrogens with one attached hydrogen (secondary N) is 1. The standard InChI is InChI=1S/C7H14N4S/c1-2-3-4-5-12-7-9-6(8)10-11-7/h2-5H2,1H3,(H3,8,9,10,11). The van der Waals surface area contributed by atoms with Crippen LogP contribution in [-0.4, -0.2) is 20.9 Å². The molecule has 1 rings (SSSR count). The second kappa shape index (κ2) is 5.03. The Morgan fingerprint density at radius 3 is 2.92 bits per heavy atom. The highest BCUT2D eigenvalue weighted by Crippen LogP contribution is 2.14. The lowest BCUT2D eigenvalue weighted by molar-refractivity contribution is 0.777. The monoisotopic (exact) mass is 186 g/mol. The van der Waals surface area contributed by atoms with Gasteiger partial charge in [-0.25, -0.2) is 5.10 Å². The van der Waals surface area contributed by atoms with Gasteiger partial charge >= 0.3 is 0 Å². The van der Waals surface area contributed by atoms with Crippen LogP contribution in [0.4, 0.5) is 5.95 Å². The second-order valence-electron chi connectivity index (χ2n) is 2.56. The van der Waals surface area contributed by atoms with Crippen LogP contribution in [0, 0.1) is 0 Å². The summed E-state index contributed by atoms with van der Waals surface area (Å²) >= 11 is 1.65. The first-order valence-electron chi connectivity index (χ1n) is 4.13. The second-order valence-corrected chi connectivity index (χ2v) is 3.62. The third-order valence-corrected chi connectivity index (χ3v) is 2.39. The van der Waals surface area contributed by atoms with E-state index in [4.69, 9.17) is 5.73 Å². The van der Waals surface area contributed by atoms with Gasteiger partial charge in [0.15, 0.2) is 0 Å². The van der Waals surface area contributed by atoms with E-state index in [9.17, 15) is 0 Å². The Morgan fingerprint density at radius 1 is 1.50 bits per heavy atom. The van der Waals surface area contributed by atoms with Crippen LogP contribution in [0.5, 0.6) is 0 Å². The van der Waals surface area contributed by atoms with E-state index in [2.05, 4.69) is 22.1 Å². The van der Waals surface area contributed by atoms with Gasteiger partial charge in [-0.3, -0.25) is 0 Å². The Bertz CT molecular complexity index is 223. The Morgan fingerprint density at radius 2 is 2.33 bits per heavy atom. The van der Waals surface area contributed by atoms with E-state index in [-0.39, 0.29) is 0 Å². The molecule has 0 radical (unpaired) electrons. The van der Waals surface area contributed by atoms with Crippen LogP contribution in [-0.2, 0) is 0 Å². The third kappa shape index (κ3) is 3.13. The molecule has 0 aliphatic rings. The van der Waals surface area contributed by atoms with Crippen molar-refractivity contribution in [2.75, 3.05) is 11.5 Å². The van der Waals surface area contributed by atoms with Crippen LogP contribution in [0.25, 0.3) is 0 Å². The predicted molar refractivity (Wildman–Crippen MR) is 51.0 cm³/mol. The molecule has 0 aromatic carbocycles. The van der Waals surface area contributed by atoms with Gasteiger partial charge in [0.05, 0.1) is 0 Å². The summed E-state index contributed by atoms with van der Waals surface area (Å²) in [6.07, 6.45) is 3.74. The van der Waals surface area contributed by atoms with E-state index >= 15 is 0 Å². The van der Waals surface area contributed by atoms with Crippen molar-refractivity contribution in [3.05, 3.63) is 0 Å². The van der Waals surface area contributed by atoms with E-state index in [0.29, 0.717) is 5.95 Å². The number of nitrogens with two attached hydrogens (primary N) is 1. The third-order valence-electron chi connectivity index (χ3n) is 1.46. The molecule has 12 heavy (non-hydrogen) atoms. The van der Waals surface area contributed by atoms with Gasteiger partial charge in [0.25, 0.3) is 0 Å². The van der Waals surface area contributed by atoms with Gasteiger partial charge in [0.2, 0.25) is 11.1 Å². The summed E-state index contributed by atoms with van der Waals surface area (Å²) in [5.74, 6) is 1.47. The molecule has 0 fully saturated rings. The summed E-state index contributed by atoms with van der Waals surface area (Å²) in [5.41, 5.74) is 5.37. The van der Waals surface area contributed by atoms with Crippen molar-refractivity contribution in [3.63, 3.8) is 0 Å². The lowest BCUT2D eigenvalue weighted by Gasteiger charge is -1.93. The van der Waals surface area contributed by atoms with Crippen molar-refractivity contribution in [3.8, 4) is 0 Å². The number of thioether (sulfide) groups is 1. The molecule has 0 aliphatic carbocycles. The summed E-state index contributed by atoms with van der Waals surface area (Å²) < 4.78 is 0. The maximum absolute atomic E-state index is 5.37. The van der Waals surface area contributed by atoms with E-state index in [1.165, 1.54) is 19.3 Å². The van der Waals surface area contributed by atoms with Crippen LogP contribution in [0.1, 0.15) is 26.2 Å². The minimum absolute atomic E-state index is 0.396. The van der Waals surface area contributed by atoms with Crippen LogP contribution < -0.4 is 5.73 Å². The highest BCUT2D eigenvalue weighted by molar-refractivity contribution is 7.99. The average Bonchev–Trinajstić information content (AvgIpc) is 2.45. The number of hydrogen-bond donors (Lipinski definition) is 2. The topological polar surface area (TPSA) is 67.6 Å². The first-order valence-corrected chi connectivity index (χ1v) is 5.12. The molecule has 1 aromatic heterocycles. The van der Waals surface area contributed by atoms with Crippen LogP contribution in [0.2, 0.25) is 0 Å². The molecule has 1 aromatic rings. The van der Waals surface area contributed by atoms with E-state index in [1.54, 1.807) is 11.8 Å². The smallest absolute Gasteiger partial charge is 0.216 e. The zero-order chi connectivity index (χ0) is 8.81. The molecule has 0 unspecified atom stereocenters. The quantitative estimate of drug-likeness (QED) is 0.542. The number of H-pyrrole nitrogens is 1. The minimum atomic E-state index is 0.396. The summed E-state index contributed by atoms with van der Waals surface area (Å²) in [7, 11) is 0. The molecular formula is C7H14N4S. The molecule has 0 amide bonds. The number of aromatic nitrogens is 3. The minimum Gasteiger partial charge on any atom is -0.368 e. The maximum atomic E-state index is 5.37. The summed E-state index contributed by atoms with van der Waals surface area (Å²) in [4.78, 5) is 3.98. The predicted octanol–water partition coefficient (Wildman–Crippen LogP) is 1.67. The molecule has 5 heteroatoms. The fourth-order valence-electron chi connectivity index (χ4n) is 0.838. The first-order chi connectivity index (χ1) is 5.83. The molecule has 3 N–H and O–H groups in total. The fourth-order valence-corrected chi connectivity index (χ4v) is 1.64. The molecule has 0 spiro atoms. The van der Waals surface area contributed by atoms with Gasteiger partial charge in [0, 0.05) is 5.75 Å². The number of aromatic amines is 1. The van der Waals surface area contributed by atoms with Crippen molar-refractivity contribution in [2.45, 2.75) is 31.3 Å². The fraction of sp³-hybridized carbons (Fsp3) is 0.714. The van der Waals surface area contributed by atoms with Gasteiger partial charge in [-0.05, 0) is 6.42 Å². The van der Waals surface area contributed by atoms with Crippen molar-refractivity contribution in [2.24, 2.45) is 0 Å². The molecule has 0 saturated heterocycles. The van der Waals surface area contributed by atoms with E-state index < -0.39 is 0 Å². The summed E-state index contributed by atoms with van der Waals surface area (Å²) in [6.45, 7) is 2.19. The van der Waals surface area contributed by atoms with Gasteiger partial charge < -0.3 is 5.73 Å². The average molecular weight is 186 g/mol. The van der Waals surface area contributed by atoms with Crippen molar-refractivity contribution < 1.29 is 0 Å². The summed E-state index contributed by atoms with van der Waals surface area (Å²) in [6, 6.07) is 0. The molecule has 0 bridgehead atoms. The zero-order valence-electron chi connectivity index (χ0n) is 7.21. The maximum Gasteiger partial charge on any atom is 0.216 e. The summed E-state index contributed by atoms with van der Waals surface area (Å²) in [5, 5.41) is 7.27. The first kappa shape index (κ1) is 9.38. The van der Waals surface area contributed by atoms with Gasteiger partial charge in [-0.15, -0.1) is 5.10 Å². The largest absolute Gasteiger partial charge is 0.368 e. The molecular weight excluding hydrogens is 172 g/mol. The SMILES string of the molecule is CCCCCSc1n[nH]c(N)n1. The van der Waals surface area contributed by atoms with Crippen molar-refractivity contribution in [1.82, 2.24) is 15.2 Å². The van der Waals surface area contributed by atoms with Gasteiger partial charge in [0.1, 0.15) is 0 Å². The van der Waals surface area contributed by atoms with E-state index in [1.807, 2.05) is 0 Å². The van der Waals surface area contributed by atoms with Crippen molar-refractivity contribution in [1.29, 1.82) is 0 Å². The van der Waals surface area contributed by atoms with Gasteiger partial charge in [-0.1, -0.05) is 31.5 Å². The lowest BCUT2D eigenvalue weighted by Crippen LogP contribution is -1.85. The number of rotatable bonds is 5. The van der Waals surface area contributed by atoms with E-state index in [0.717, 1.165) is 10.9 Å². The highest BCUT2D eigenvalue weighted by atomic mass is 32.2. The van der Waals surface area contributed by atoms with Crippen LogP contribution in [0.15, 0.2) is 5.16 Å². The molecule has 0 aliphatic heterocycles. The molecule has 0 atom stereocenters.